The number of thiophene rings is 1. The van der Waals surface area contributed by atoms with E-state index in [1.54, 1.807) is 11.3 Å². The fraction of sp³-hybridized carbons (Fsp3) is 0.286. The van der Waals surface area contributed by atoms with Gasteiger partial charge in [-0.2, -0.15) is 0 Å². The smallest absolute Gasteiger partial charge is 0.241 e. The van der Waals surface area contributed by atoms with Crippen LogP contribution in [0.5, 0.6) is 5.75 Å². The van der Waals surface area contributed by atoms with Gasteiger partial charge in [0.15, 0.2) is 0 Å². The molecule has 0 aliphatic carbocycles. The van der Waals surface area contributed by atoms with Crippen molar-refractivity contribution < 1.29 is 13.5 Å². The average molecular weight is 311 g/mol. The highest BCUT2D eigenvalue weighted by atomic mass is 32.2. The summed E-state index contributed by atoms with van der Waals surface area (Å²) in [6.45, 7) is 5.79. The summed E-state index contributed by atoms with van der Waals surface area (Å²) in [7, 11) is -3.64. The Kier molecular flexibility index (Phi) is 4.17. The Morgan fingerprint density at radius 1 is 1.25 bits per heavy atom. The van der Waals surface area contributed by atoms with Gasteiger partial charge in [0, 0.05) is 15.8 Å². The molecule has 0 radical (unpaired) electrons. The number of rotatable bonds is 4. The number of benzene rings is 1. The zero-order valence-corrected chi connectivity index (χ0v) is 13.2. The van der Waals surface area contributed by atoms with Crippen molar-refractivity contribution in [2.24, 2.45) is 0 Å². The molecule has 6 heteroatoms. The summed E-state index contributed by atoms with van der Waals surface area (Å²) < 4.78 is 27.2. The fourth-order valence-corrected chi connectivity index (χ4v) is 4.38. The van der Waals surface area contributed by atoms with Crippen molar-refractivity contribution >= 4 is 21.4 Å². The summed E-state index contributed by atoms with van der Waals surface area (Å²) in [6.07, 6.45) is 0. The number of hydrogen-bond donors (Lipinski definition) is 2. The van der Waals surface area contributed by atoms with Gasteiger partial charge in [-0.3, -0.25) is 0 Å². The second-order valence-corrected chi connectivity index (χ2v) is 7.88. The molecule has 1 aromatic carbocycles. The van der Waals surface area contributed by atoms with Crippen molar-refractivity contribution in [2.75, 3.05) is 0 Å². The van der Waals surface area contributed by atoms with Gasteiger partial charge in [-0.1, -0.05) is 6.07 Å². The van der Waals surface area contributed by atoms with Crippen molar-refractivity contribution in [1.29, 1.82) is 0 Å². The summed E-state index contributed by atoms with van der Waals surface area (Å²) in [5.74, 6) is -0.0666. The van der Waals surface area contributed by atoms with Gasteiger partial charge in [-0.25, -0.2) is 13.1 Å². The first kappa shape index (κ1) is 15.0. The van der Waals surface area contributed by atoms with Crippen LogP contribution in [0.25, 0.3) is 0 Å². The van der Waals surface area contributed by atoms with Gasteiger partial charge in [0.2, 0.25) is 10.0 Å². The number of hydrogen-bond acceptors (Lipinski definition) is 4. The number of sulfonamides is 1. The van der Waals surface area contributed by atoms with Crippen molar-refractivity contribution in [3.63, 3.8) is 0 Å². The van der Waals surface area contributed by atoms with Crippen LogP contribution in [0.1, 0.15) is 28.3 Å². The summed E-state index contributed by atoms with van der Waals surface area (Å²) in [5.41, 5.74) is 0.983. The highest BCUT2D eigenvalue weighted by molar-refractivity contribution is 7.89. The molecule has 0 spiro atoms. The molecule has 0 saturated heterocycles. The summed E-state index contributed by atoms with van der Waals surface area (Å²) >= 11 is 1.65. The van der Waals surface area contributed by atoms with Gasteiger partial charge in [0.25, 0.3) is 0 Å². The number of aryl methyl sites for hydroxylation is 2. The van der Waals surface area contributed by atoms with Crippen LogP contribution in [0.15, 0.2) is 35.2 Å². The van der Waals surface area contributed by atoms with E-state index < -0.39 is 10.0 Å². The third-order valence-electron chi connectivity index (χ3n) is 3.01. The highest BCUT2D eigenvalue weighted by Crippen LogP contribution is 2.27. The molecule has 2 N–H and O–H groups in total. The summed E-state index contributed by atoms with van der Waals surface area (Å²) in [6, 6.07) is 7.33. The molecule has 0 saturated carbocycles. The van der Waals surface area contributed by atoms with E-state index in [-0.39, 0.29) is 16.7 Å². The number of nitrogens with one attached hydrogen (secondary N) is 1. The van der Waals surface area contributed by atoms with E-state index >= 15 is 0 Å². The first-order valence-electron chi connectivity index (χ1n) is 6.18. The van der Waals surface area contributed by atoms with Gasteiger partial charge in [0.1, 0.15) is 5.75 Å². The number of phenols is 1. The van der Waals surface area contributed by atoms with Crippen LogP contribution in [-0.4, -0.2) is 13.5 Å². The van der Waals surface area contributed by atoms with E-state index in [2.05, 4.69) is 4.72 Å². The standard InChI is InChI=1S/C14H17NO3S2/c1-9-7-14(11(3)19-9)10(2)15-20(17,18)13-6-4-5-12(16)8-13/h4-8,10,15-16H,1-3H3. The van der Waals surface area contributed by atoms with Crippen LogP contribution in [0.4, 0.5) is 0 Å². The summed E-state index contributed by atoms with van der Waals surface area (Å²) in [5, 5.41) is 9.38. The number of aromatic hydroxyl groups is 1. The third-order valence-corrected chi connectivity index (χ3v) is 5.53. The molecule has 0 amide bonds. The molecule has 2 aromatic rings. The van der Waals surface area contributed by atoms with Crippen LogP contribution in [0.3, 0.4) is 0 Å². The van der Waals surface area contributed by atoms with Crippen molar-refractivity contribution in [3.8, 4) is 5.75 Å². The second kappa shape index (κ2) is 5.55. The maximum atomic E-state index is 12.3. The molecule has 0 fully saturated rings. The van der Waals surface area contributed by atoms with E-state index in [1.165, 1.54) is 24.3 Å². The first-order chi connectivity index (χ1) is 9.29. The Bertz CT molecular complexity index is 720. The largest absolute Gasteiger partial charge is 0.508 e. The molecule has 1 aromatic heterocycles. The fourth-order valence-electron chi connectivity index (χ4n) is 2.10. The molecule has 108 valence electrons. The highest BCUT2D eigenvalue weighted by Gasteiger charge is 2.20. The van der Waals surface area contributed by atoms with Crippen molar-refractivity contribution in [3.05, 3.63) is 45.6 Å². The summed E-state index contributed by atoms with van der Waals surface area (Å²) in [4.78, 5) is 2.32. The van der Waals surface area contributed by atoms with Crippen LogP contribution < -0.4 is 4.72 Å². The Morgan fingerprint density at radius 3 is 2.50 bits per heavy atom. The first-order valence-corrected chi connectivity index (χ1v) is 8.48. The molecular weight excluding hydrogens is 294 g/mol. The normalized spacial score (nSPS) is 13.3. The Labute approximate surface area is 123 Å². The van der Waals surface area contributed by atoms with Crippen LogP contribution in [0, 0.1) is 13.8 Å². The minimum Gasteiger partial charge on any atom is -0.508 e. The monoisotopic (exact) mass is 311 g/mol. The minimum atomic E-state index is -3.64. The van der Waals surface area contributed by atoms with Gasteiger partial charge in [-0.05, 0) is 50.6 Å². The van der Waals surface area contributed by atoms with E-state index in [4.69, 9.17) is 0 Å². The van der Waals surface area contributed by atoms with Crippen molar-refractivity contribution in [2.45, 2.75) is 31.7 Å². The molecule has 20 heavy (non-hydrogen) atoms. The zero-order chi connectivity index (χ0) is 14.9. The quantitative estimate of drug-likeness (QED) is 0.911. The Morgan fingerprint density at radius 2 is 1.95 bits per heavy atom. The van der Waals surface area contributed by atoms with Crippen LogP contribution in [0.2, 0.25) is 0 Å². The molecular formula is C14H17NO3S2. The molecule has 0 aliphatic rings. The molecule has 2 rings (SSSR count). The molecule has 0 aliphatic heterocycles. The Hall–Kier alpha value is -1.37. The van der Waals surface area contributed by atoms with E-state index in [9.17, 15) is 13.5 Å². The number of phenolic OH excluding ortho intramolecular Hbond substituents is 1. The van der Waals surface area contributed by atoms with Crippen LogP contribution >= 0.6 is 11.3 Å². The molecule has 1 atom stereocenters. The lowest BCUT2D eigenvalue weighted by atomic mass is 10.1. The molecule has 4 nitrogen and oxygen atoms in total. The lowest BCUT2D eigenvalue weighted by molar-refractivity contribution is 0.473. The molecule has 0 bridgehead atoms. The third kappa shape index (κ3) is 3.20. The lowest BCUT2D eigenvalue weighted by Gasteiger charge is -2.14. The average Bonchev–Trinajstić information content (AvgIpc) is 2.68. The predicted molar refractivity (Wildman–Crippen MR) is 80.6 cm³/mol. The van der Waals surface area contributed by atoms with Gasteiger partial charge >= 0.3 is 0 Å². The van der Waals surface area contributed by atoms with E-state index in [1.807, 2.05) is 26.8 Å². The molecule has 1 heterocycles. The molecule has 1 unspecified atom stereocenters. The topological polar surface area (TPSA) is 66.4 Å². The van der Waals surface area contributed by atoms with Gasteiger partial charge < -0.3 is 5.11 Å². The minimum absolute atomic E-state index is 0.0638. The lowest BCUT2D eigenvalue weighted by Crippen LogP contribution is -2.26. The van der Waals surface area contributed by atoms with E-state index in [0.717, 1.165) is 15.3 Å². The van der Waals surface area contributed by atoms with Crippen LogP contribution in [-0.2, 0) is 10.0 Å². The second-order valence-electron chi connectivity index (χ2n) is 4.71. The zero-order valence-electron chi connectivity index (χ0n) is 11.5. The van der Waals surface area contributed by atoms with E-state index in [0.29, 0.717) is 0 Å². The Balaban J connectivity index is 2.26. The maximum Gasteiger partial charge on any atom is 0.241 e. The predicted octanol–water partition coefficient (Wildman–Crippen LogP) is 3.11. The van der Waals surface area contributed by atoms with Gasteiger partial charge in [-0.15, -0.1) is 11.3 Å². The van der Waals surface area contributed by atoms with Gasteiger partial charge in [0.05, 0.1) is 4.90 Å². The maximum absolute atomic E-state index is 12.3. The SMILES string of the molecule is Cc1cc(C(C)NS(=O)(=O)c2cccc(O)c2)c(C)s1. The van der Waals surface area contributed by atoms with Crippen molar-refractivity contribution in [1.82, 2.24) is 4.72 Å².